The summed E-state index contributed by atoms with van der Waals surface area (Å²) in [5.41, 5.74) is 0.860. The van der Waals surface area contributed by atoms with Gasteiger partial charge in [0.2, 0.25) is 5.88 Å². The van der Waals surface area contributed by atoms with E-state index in [2.05, 4.69) is 10.3 Å². The number of aromatic nitrogens is 1. The second kappa shape index (κ2) is 7.11. The highest BCUT2D eigenvalue weighted by Gasteiger charge is 2.30. The van der Waals surface area contributed by atoms with Gasteiger partial charge in [0.05, 0.1) is 12.0 Å². The average Bonchev–Trinajstić information content (AvgIpc) is 2.96. The molecule has 0 aromatic carbocycles. The Morgan fingerprint density at radius 3 is 2.82 bits per heavy atom. The zero-order valence-electron chi connectivity index (χ0n) is 12.8. The van der Waals surface area contributed by atoms with Crippen LogP contribution < -0.4 is 10.1 Å². The number of nitrogens with zero attached hydrogens (tertiary/aromatic N) is 2. The van der Waals surface area contributed by atoms with E-state index in [0.717, 1.165) is 5.56 Å². The normalized spacial score (nSPS) is 17.6. The number of hydrogen-bond acceptors (Lipinski definition) is 4. The number of carbonyl (C=O) groups is 2. The molecule has 0 saturated carbocycles. The lowest BCUT2D eigenvalue weighted by Crippen LogP contribution is -2.38. The molecule has 1 saturated heterocycles. The van der Waals surface area contributed by atoms with Gasteiger partial charge in [-0.3, -0.25) is 4.79 Å². The molecular formula is C15H21N3O4. The molecule has 1 unspecified atom stereocenters. The van der Waals surface area contributed by atoms with Gasteiger partial charge in [0.15, 0.2) is 0 Å². The van der Waals surface area contributed by atoms with Crippen LogP contribution in [0.25, 0.3) is 0 Å². The highest BCUT2D eigenvalue weighted by Crippen LogP contribution is 2.16. The molecule has 0 spiro atoms. The average molecular weight is 307 g/mol. The van der Waals surface area contributed by atoms with Crippen molar-refractivity contribution in [2.75, 3.05) is 13.1 Å². The monoisotopic (exact) mass is 307 g/mol. The van der Waals surface area contributed by atoms with Crippen LogP contribution in [0.15, 0.2) is 18.3 Å². The van der Waals surface area contributed by atoms with Crippen molar-refractivity contribution >= 4 is 12.0 Å². The van der Waals surface area contributed by atoms with Crippen molar-refractivity contribution < 1.29 is 19.4 Å². The molecule has 1 fully saturated rings. The summed E-state index contributed by atoms with van der Waals surface area (Å²) in [7, 11) is 0. The number of carboxylic acids is 1. The van der Waals surface area contributed by atoms with Crippen LogP contribution in [0.5, 0.6) is 5.88 Å². The third-order valence-electron chi connectivity index (χ3n) is 3.42. The molecule has 2 rings (SSSR count). The van der Waals surface area contributed by atoms with Crippen molar-refractivity contribution in [2.24, 2.45) is 5.92 Å². The van der Waals surface area contributed by atoms with Gasteiger partial charge in [-0.05, 0) is 25.8 Å². The van der Waals surface area contributed by atoms with Crippen molar-refractivity contribution in [1.29, 1.82) is 0 Å². The largest absolute Gasteiger partial charge is 0.481 e. The second-order valence-electron chi connectivity index (χ2n) is 5.60. The number of likely N-dealkylation sites (tertiary alicyclic amines) is 1. The number of hydrogen-bond donors (Lipinski definition) is 2. The molecule has 0 radical (unpaired) electrons. The third kappa shape index (κ3) is 4.34. The Bertz CT molecular complexity index is 530. The fraction of sp³-hybridized carbons (Fsp3) is 0.533. The molecule has 1 aliphatic heterocycles. The minimum atomic E-state index is -0.847. The molecule has 2 heterocycles. The first-order valence-corrected chi connectivity index (χ1v) is 7.33. The number of amides is 2. The van der Waals surface area contributed by atoms with Gasteiger partial charge in [-0.2, -0.15) is 0 Å². The van der Waals surface area contributed by atoms with E-state index in [9.17, 15) is 9.59 Å². The van der Waals surface area contributed by atoms with E-state index in [1.54, 1.807) is 12.3 Å². The molecule has 7 nitrogen and oxygen atoms in total. The van der Waals surface area contributed by atoms with Gasteiger partial charge >= 0.3 is 12.0 Å². The van der Waals surface area contributed by atoms with Crippen LogP contribution in [0.1, 0.15) is 25.8 Å². The maximum atomic E-state index is 12.0. The quantitative estimate of drug-likeness (QED) is 0.860. The van der Waals surface area contributed by atoms with Crippen LogP contribution in [-0.4, -0.2) is 46.2 Å². The Labute approximate surface area is 129 Å². The van der Waals surface area contributed by atoms with Gasteiger partial charge in [0, 0.05) is 31.9 Å². The maximum Gasteiger partial charge on any atom is 0.317 e. The molecule has 22 heavy (non-hydrogen) atoms. The van der Waals surface area contributed by atoms with Gasteiger partial charge in [-0.25, -0.2) is 9.78 Å². The highest BCUT2D eigenvalue weighted by atomic mass is 16.5. The van der Waals surface area contributed by atoms with Crippen LogP contribution in [0, 0.1) is 5.92 Å². The number of carboxylic acid groups (broad SMARTS) is 1. The summed E-state index contributed by atoms with van der Waals surface area (Å²) in [4.78, 5) is 28.5. The maximum absolute atomic E-state index is 12.0. The molecule has 120 valence electrons. The third-order valence-corrected chi connectivity index (χ3v) is 3.42. The SMILES string of the molecule is CC(C)Oc1ccc(CNC(=O)N2CCC(C(=O)O)C2)cn1. The fourth-order valence-corrected chi connectivity index (χ4v) is 2.26. The number of carbonyl (C=O) groups excluding carboxylic acids is 1. The van der Waals surface area contributed by atoms with E-state index in [-0.39, 0.29) is 18.7 Å². The molecule has 2 N–H and O–H groups in total. The number of rotatable bonds is 5. The summed E-state index contributed by atoms with van der Waals surface area (Å²) in [5.74, 6) is -0.756. The lowest BCUT2D eigenvalue weighted by molar-refractivity contribution is -0.141. The number of ether oxygens (including phenoxy) is 1. The topological polar surface area (TPSA) is 91.8 Å². The van der Waals surface area contributed by atoms with E-state index >= 15 is 0 Å². The predicted octanol–water partition coefficient (Wildman–Crippen LogP) is 1.48. The standard InChI is InChI=1S/C15H21N3O4/c1-10(2)22-13-4-3-11(7-16-13)8-17-15(21)18-6-5-12(9-18)14(19)20/h3-4,7,10,12H,5-6,8-9H2,1-2H3,(H,17,21)(H,19,20). The summed E-state index contributed by atoms with van der Waals surface area (Å²) in [6.07, 6.45) is 2.23. The molecule has 1 aromatic rings. The van der Waals surface area contributed by atoms with Crippen molar-refractivity contribution in [3.8, 4) is 5.88 Å². The van der Waals surface area contributed by atoms with E-state index in [0.29, 0.717) is 25.4 Å². The van der Waals surface area contributed by atoms with Crippen LogP contribution in [0.3, 0.4) is 0 Å². The summed E-state index contributed by atoms with van der Waals surface area (Å²) in [6.45, 7) is 4.94. The highest BCUT2D eigenvalue weighted by molar-refractivity contribution is 5.77. The molecule has 1 aromatic heterocycles. The number of urea groups is 1. The molecular weight excluding hydrogens is 286 g/mol. The zero-order chi connectivity index (χ0) is 16.1. The molecule has 0 bridgehead atoms. The van der Waals surface area contributed by atoms with E-state index < -0.39 is 11.9 Å². The first-order valence-electron chi connectivity index (χ1n) is 7.33. The minimum absolute atomic E-state index is 0.0652. The zero-order valence-corrected chi connectivity index (χ0v) is 12.8. The smallest absolute Gasteiger partial charge is 0.317 e. The Morgan fingerprint density at radius 2 is 2.27 bits per heavy atom. The Kier molecular flexibility index (Phi) is 5.19. The van der Waals surface area contributed by atoms with Gasteiger partial charge in [-0.1, -0.05) is 6.07 Å². The lowest BCUT2D eigenvalue weighted by atomic mass is 10.1. The molecule has 0 aliphatic carbocycles. The number of aliphatic carboxylic acids is 1. The van der Waals surface area contributed by atoms with E-state index in [1.807, 2.05) is 19.9 Å². The summed E-state index contributed by atoms with van der Waals surface area (Å²) in [6, 6.07) is 3.36. The van der Waals surface area contributed by atoms with Crippen LogP contribution in [-0.2, 0) is 11.3 Å². The van der Waals surface area contributed by atoms with Crippen molar-refractivity contribution in [2.45, 2.75) is 32.9 Å². The Morgan fingerprint density at radius 1 is 1.50 bits per heavy atom. The number of pyridine rings is 1. The first kappa shape index (κ1) is 16.1. The summed E-state index contributed by atoms with van der Waals surface area (Å²) < 4.78 is 5.45. The molecule has 1 aliphatic rings. The van der Waals surface area contributed by atoms with E-state index in [1.165, 1.54) is 4.90 Å². The van der Waals surface area contributed by atoms with Gasteiger partial charge < -0.3 is 20.1 Å². The van der Waals surface area contributed by atoms with Gasteiger partial charge in [0.25, 0.3) is 0 Å². The molecule has 7 heteroatoms. The van der Waals surface area contributed by atoms with Crippen LogP contribution in [0.4, 0.5) is 4.79 Å². The first-order chi connectivity index (χ1) is 10.5. The second-order valence-corrected chi connectivity index (χ2v) is 5.60. The van der Waals surface area contributed by atoms with Crippen molar-refractivity contribution in [3.63, 3.8) is 0 Å². The number of nitrogens with one attached hydrogen (secondary N) is 1. The summed E-state index contributed by atoms with van der Waals surface area (Å²) in [5, 5.41) is 11.7. The van der Waals surface area contributed by atoms with Crippen LogP contribution >= 0.6 is 0 Å². The van der Waals surface area contributed by atoms with E-state index in [4.69, 9.17) is 9.84 Å². The van der Waals surface area contributed by atoms with Crippen molar-refractivity contribution in [3.05, 3.63) is 23.9 Å². The van der Waals surface area contributed by atoms with Crippen LogP contribution in [0.2, 0.25) is 0 Å². The van der Waals surface area contributed by atoms with Crippen molar-refractivity contribution in [1.82, 2.24) is 15.2 Å². The predicted molar refractivity (Wildman–Crippen MR) is 79.6 cm³/mol. The molecule has 1 atom stereocenters. The minimum Gasteiger partial charge on any atom is -0.481 e. The summed E-state index contributed by atoms with van der Waals surface area (Å²) >= 11 is 0. The molecule has 2 amide bonds. The Balaban J connectivity index is 1.80. The van der Waals surface area contributed by atoms with Gasteiger partial charge in [-0.15, -0.1) is 0 Å². The fourth-order valence-electron chi connectivity index (χ4n) is 2.26. The van der Waals surface area contributed by atoms with Gasteiger partial charge in [0.1, 0.15) is 0 Å². The Hall–Kier alpha value is -2.31. The lowest BCUT2D eigenvalue weighted by Gasteiger charge is -2.16.